The first-order chi connectivity index (χ1) is 47.3. The van der Waals surface area contributed by atoms with Gasteiger partial charge in [-0.1, -0.05) is 190 Å². The normalized spacial score (nSPS) is 12.4. The summed E-state index contributed by atoms with van der Waals surface area (Å²) in [6.45, 7) is 4.67. The third kappa shape index (κ3) is 9.51. The molecule has 0 spiro atoms. The van der Waals surface area contributed by atoms with Crippen molar-refractivity contribution in [2.45, 2.75) is 32.5 Å². The Morgan fingerprint density at radius 3 is 1.39 bits per heavy atom. The van der Waals surface area contributed by atoms with E-state index in [1.807, 2.05) is 48.5 Å². The van der Waals surface area contributed by atoms with E-state index in [2.05, 4.69) is 304 Å². The van der Waals surface area contributed by atoms with E-state index >= 15 is 0 Å². The van der Waals surface area contributed by atoms with Gasteiger partial charge in [0, 0.05) is 83.6 Å². The lowest BCUT2D eigenvalue weighted by Crippen LogP contribution is -2.15. The number of hydrogen-bond acceptors (Lipinski definition) is 5. The Bertz CT molecular complexity index is 5760. The lowest BCUT2D eigenvalue weighted by molar-refractivity contribution is 0.281. The van der Waals surface area contributed by atoms with Gasteiger partial charge in [0.15, 0.2) is 0 Å². The van der Waals surface area contributed by atoms with Gasteiger partial charge in [0.1, 0.15) is 5.75 Å². The number of nitrogens with zero attached hydrogens (tertiary/aromatic N) is 5. The van der Waals surface area contributed by atoms with E-state index in [1.165, 1.54) is 76.5 Å². The van der Waals surface area contributed by atoms with Crippen LogP contribution in [0.3, 0.4) is 0 Å². The number of aliphatic hydroxyl groups excluding tert-OH is 2. The molecule has 0 saturated heterocycles. The lowest BCUT2D eigenvalue weighted by atomic mass is 9.82. The molecule has 1 aliphatic carbocycles. The van der Waals surface area contributed by atoms with Crippen molar-refractivity contribution in [1.82, 2.24) is 13.7 Å². The van der Waals surface area contributed by atoms with Crippen molar-refractivity contribution < 1.29 is 14.9 Å². The van der Waals surface area contributed by atoms with Crippen molar-refractivity contribution >= 4 is 110 Å². The van der Waals surface area contributed by atoms with Crippen LogP contribution in [0.25, 0.3) is 104 Å². The zero-order valence-corrected chi connectivity index (χ0v) is 53.5. The van der Waals surface area contributed by atoms with Crippen LogP contribution in [-0.4, -0.2) is 31.0 Å². The molecule has 0 aliphatic heterocycles. The number of aliphatic hydroxyl groups is 2. The molecule has 0 unspecified atom stereocenters. The van der Waals surface area contributed by atoms with Crippen LogP contribution in [0.5, 0.6) is 5.75 Å². The molecule has 8 heteroatoms. The summed E-state index contributed by atoms with van der Waals surface area (Å²) in [4.78, 5) is 4.61. The molecule has 14 aromatic carbocycles. The molecule has 8 nitrogen and oxygen atoms in total. The Kier molecular flexibility index (Phi) is 14.2. The Morgan fingerprint density at radius 1 is 0.323 bits per heavy atom. The second kappa shape index (κ2) is 23.6. The first-order valence-electron chi connectivity index (χ1n) is 32.8. The lowest BCUT2D eigenvalue weighted by Gasteiger charge is -2.27. The molecule has 0 saturated carbocycles. The third-order valence-electron chi connectivity index (χ3n) is 19.6. The average Bonchev–Trinajstić information content (AvgIpc) is 1.57. The molecular weight excluding hydrogens is 1170 g/mol. The Morgan fingerprint density at radius 2 is 0.771 bits per heavy atom. The zero-order valence-electron chi connectivity index (χ0n) is 53.5. The van der Waals surface area contributed by atoms with Crippen molar-refractivity contribution in [3.05, 3.63) is 338 Å². The summed E-state index contributed by atoms with van der Waals surface area (Å²) < 4.78 is 12.8. The van der Waals surface area contributed by atoms with E-state index in [9.17, 15) is 10.2 Å². The number of para-hydroxylation sites is 4. The standard InChI is InChI=1S/C52H39N3O.C36H28N2O2/c1-52(2)44-16-7-3-12-39(44)40-31-30-38(32-45(40)52)55-48-19-10-6-15-43(48)51-49(20-11-21-50(51)55)53(35-24-22-34(33-56)23-25-35)36-26-28-37(29-27-36)54-46-17-8-4-13-41(46)42-14-5-9-18-47(42)54;1-40-31-14-7-13-29(23-31)37(28-12-6-9-25(21-28)24-39)34-17-8-18-35-36(34)32-15-4-5-16-33(32)38(35)30-20-19-26-10-2-3-11-27(26)22-30/h3-32,56H,33H2,1-2H3;2-23,39H,24H2,1H3. The van der Waals surface area contributed by atoms with Gasteiger partial charge in [0.05, 0.1) is 64.8 Å². The van der Waals surface area contributed by atoms with E-state index in [1.54, 1.807) is 7.11 Å². The van der Waals surface area contributed by atoms with Crippen molar-refractivity contribution in [1.29, 1.82) is 0 Å². The minimum atomic E-state index is -0.102. The molecule has 3 aromatic heterocycles. The number of anilines is 6. The minimum Gasteiger partial charge on any atom is -0.497 e. The first-order valence-corrected chi connectivity index (χ1v) is 32.8. The maximum absolute atomic E-state index is 9.97. The van der Waals surface area contributed by atoms with Gasteiger partial charge in [0.2, 0.25) is 0 Å². The highest BCUT2D eigenvalue weighted by Gasteiger charge is 2.36. The maximum atomic E-state index is 9.97. The van der Waals surface area contributed by atoms with Crippen molar-refractivity contribution in [2.24, 2.45) is 0 Å². The Balaban J connectivity index is 0.000000154. The molecule has 2 N–H and O–H groups in total. The summed E-state index contributed by atoms with van der Waals surface area (Å²) in [6, 6.07) is 112. The average molecular weight is 1240 g/mol. The van der Waals surface area contributed by atoms with Crippen LogP contribution >= 0.6 is 0 Å². The van der Waals surface area contributed by atoms with Gasteiger partial charge in [-0.3, -0.25) is 0 Å². The van der Waals surface area contributed by atoms with E-state index < -0.39 is 0 Å². The van der Waals surface area contributed by atoms with Crippen LogP contribution in [-0.2, 0) is 18.6 Å². The van der Waals surface area contributed by atoms with Gasteiger partial charge < -0.3 is 38.5 Å². The van der Waals surface area contributed by atoms with Crippen molar-refractivity contribution in [2.75, 3.05) is 16.9 Å². The number of methoxy groups -OCH3 is 1. The van der Waals surface area contributed by atoms with Gasteiger partial charge in [0.25, 0.3) is 0 Å². The highest BCUT2D eigenvalue weighted by atomic mass is 16.5. The van der Waals surface area contributed by atoms with Gasteiger partial charge in [-0.15, -0.1) is 0 Å². The predicted octanol–water partition coefficient (Wildman–Crippen LogP) is 22.1. The van der Waals surface area contributed by atoms with Crippen LogP contribution in [0.15, 0.2) is 315 Å². The van der Waals surface area contributed by atoms with Crippen LogP contribution in [0.4, 0.5) is 34.1 Å². The highest BCUT2D eigenvalue weighted by Crippen LogP contribution is 2.51. The number of benzene rings is 14. The molecule has 3 heterocycles. The van der Waals surface area contributed by atoms with E-state index in [4.69, 9.17) is 4.74 Å². The number of ether oxygens (including phenoxy) is 1. The molecule has 0 bridgehead atoms. The molecule has 0 atom stereocenters. The number of rotatable bonds is 12. The smallest absolute Gasteiger partial charge is 0.120 e. The molecule has 0 fully saturated rings. The summed E-state index contributed by atoms with van der Waals surface area (Å²) in [5, 5.41) is 29.5. The molecule has 0 amide bonds. The fraction of sp³-hybridized carbons (Fsp3) is 0.0682. The second-order valence-electron chi connectivity index (χ2n) is 25.4. The zero-order chi connectivity index (χ0) is 64.6. The molecule has 1 aliphatic rings. The number of aromatic nitrogens is 3. The third-order valence-corrected chi connectivity index (χ3v) is 19.6. The molecule has 462 valence electrons. The Labute approximate surface area is 556 Å². The largest absolute Gasteiger partial charge is 0.497 e. The van der Waals surface area contributed by atoms with Crippen LogP contribution < -0.4 is 14.5 Å². The van der Waals surface area contributed by atoms with Crippen LogP contribution in [0.1, 0.15) is 36.1 Å². The molecule has 96 heavy (non-hydrogen) atoms. The second-order valence-corrected chi connectivity index (χ2v) is 25.4. The fourth-order valence-electron chi connectivity index (χ4n) is 15.2. The molecular formula is C88H67N5O3. The number of hydrogen-bond donors (Lipinski definition) is 2. The summed E-state index contributed by atoms with van der Waals surface area (Å²) in [5.74, 6) is 0.784. The molecule has 17 aromatic rings. The summed E-state index contributed by atoms with van der Waals surface area (Å²) in [6.07, 6.45) is 0. The van der Waals surface area contributed by atoms with Crippen molar-refractivity contribution in [3.63, 3.8) is 0 Å². The molecule has 0 radical (unpaired) electrons. The summed E-state index contributed by atoms with van der Waals surface area (Å²) in [7, 11) is 1.69. The summed E-state index contributed by atoms with van der Waals surface area (Å²) >= 11 is 0. The van der Waals surface area contributed by atoms with Crippen LogP contribution in [0.2, 0.25) is 0 Å². The first kappa shape index (κ1) is 57.9. The highest BCUT2D eigenvalue weighted by molar-refractivity contribution is 6.18. The Hall–Kier alpha value is -11.9. The minimum absolute atomic E-state index is 0.000500. The van der Waals surface area contributed by atoms with Gasteiger partial charge in [-0.25, -0.2) is 0 Å². The summed E-state index contributed by atoms with van der Waals surface area (Å²) in [5.41, 5.74) is 23.5. The number of fused-ring (bicyclic) bond motifs is 13. The monoisotopic (exact) mass is 1240 g/mol. The quantitative estimate of drug-likeness (QED) is 0.128. The van der Waals surface area contributed by atoms with Gasteiger partial charge in [-0.05, 0) is 178 Å². The predicted molar refractivity (Wildman–Crippen MR) is 399 cm³/mol. The fourth-order valence-corrected chi connectivity index (χ4v) is 15.2. The topological polar surface area (TPSA) is 71.0 Å². The SMILES string of the molecule is CC1(C)c2ccccc2-c2ccc(-n3c4ccccc4c4c(N(c5ccc(CO)cc5)c5ccc(-n6c7ccccc7c7ccccc76)cc5)cccc43)cc21.COc1cccc(N(c2cccc(CO)c2)c2cccc3c2c2ccccc2n3-c2ccc3ccccc3c2)c1. The van der Waals surface area contributed by atoms with E-state index in [0.29, 0.717) is 0 Å². The van der Waals surface area contributed by atoms with E-state index in [0.717, 1.165) is 90.0 Å². The van der Waals surface area contributed by atoms with Crippen LogP contribution in [0, 0.1) is 0 Å². The van der Waals surface area contributed by atoms with Gasteiger partial charge in [-0.2, -0.15) is 0 Å². The molecule has 18 rings (SSSR count). The van der Waals surface area contributed by atoms with Gasteiger partial charge >= 0.3 is 0 Å². The van der Waals surface area contributed by atoms with Crippen molar-refractivity contribution in [3.8, 4) is 33.9 Å². The van der Waals surface area contributed by atoms with E-state index in [-0.39, 0.29) is 18.6 Å². The maximum Gasteiger partial charge on any atom is 0.120 e.